The summed E-state index contributed by atoms with van der Waals surface area (Å²) in [4.78, 5) is 46.8. The number of amides is 1. The molecule has 4 aromatic rings. The fourth-order valence-corrected chi connectivity index (χ4v) is 6.16. The summed E-state index contributed by atoms with van der Waals surface area (Å²) in [5, 5.41) is -0.167. The molecule has 0 bridgehead atoms. The van der Waals surface area contributed by atoms with Crippen LogP contribution in [0.15, 0.2) is 59.3 Å². The Morgan fingerprint density at radius 3 is 2.58 bits per heavy atom. The Hall–Kier alpha value is -4.72. The van der Waals surface area contributed by atoms with Gasteiger partial charge in [0.25, 0.3) is 0 Å². The van der Waals surface area contributed by atoms with Crippen molar-refractivity contribution in [2.45, 2.75) is 37.8 Å². The summed E-state index contributed by atoms with van der Waals surface area (Å²) < 4.78 is 42.9. The molecular weight excluding hydrogens is 575 g/mol. The maximum Gasteiger partial charge on any atom is 0.355 e. The third-order valence-electron chi connectivity index (χ3n) is 7.41. The zero-order chi connectivity index (χ0) is 31.2. The van der Waals surface area contributed by atoms with E-state index in [0.717, 1.165) is 10.8 Å². The standard InChI is InChI=1S/C29H31FN8O4S/c1-6-23(39)36-11-12-37(17(4)15-36)26-20-13-21(30)24(19-7-9-32-14-22(19)31)34-27(20)38(29(40)35-26)25-18(16(2)3)8-10-33-28(25)43(5,41)42/h6-10,13-14,16-17H,1,11-12,15,31H2,2-5H3/t17-/m0/s1. The van der Waals surface area contributed by atoms with E-state index >= 15 is 4.39 Å². The normalized spacial score (nSPS) is 15.7. The number of piperazine rings is 1. The lowest BCUT2D eigenvalue weighted by atomic mass is 10.0. The molecule has 5 rings (SSSR count). The number of rotatable bonds is 6. The second-order valence-electron chi connectivity index (χ2n) is 10.7. The van der Waals surface area contributed by atoms with Crippen molar-refractivity contribution < 1.29 is 17.6 Å². The molecule has 1 fully saturated rings. The summed E-state index contributed by atoms with van der Waals surface area (Å²) in [5.41, 5.74) is 6.02. The van der Waals surface area contributed by atoms with Crippen LogP contribution in [0.5, 0.6) is 0 Å². The number of hydrogen-bond acceptors (Lipinski definition) is 10. The largest absolute Gasteiger partial charge is 0.397 e. The lowest BCUT2D eigenvalue weighted by Gasteiger charge is -2.40. The van der Waals surface area contributed by atoms with Crippen LogP contribution in [0.4, 0.5) is 15.9 Å². The van der Waals surface area contributed by atoms with Crippen LogP contribution in [0, 0.1) is 5.82 Å². The number of pyridine rings is 3. The highest BCUT2D eigenvalue weighted by atomic mass is 32.2. The summed E-state index contributed by atoms with van der Waals surface area (Å²) in [7, 11) is -3.94. The van der Waals surface area contributed by atoms with Crippen molar-refractivity contribution in [1.29, 1.82) is 0 Å². The van der Waals surface area contributed by atoms with Gasteiger partial charge in [0.2, 0.25) is 5.91 Å². The van der Waals surface area contributed by atoms with Crippen LogP contribution >= 0.6 is 0 Å². The first-order chi connectivity index (χ1) is 20.3. The Morgan fingerprint density at radius 1 is 1.21 bits per heavy atom. The van der Waals surface area contributed by atoms with Crippen molar-refractivity contribution in [1.82, 2.24) is 29.4 Å². The van der Waals surface area contributed by atoms with E-state index in [4.69, 9.17) is 5.73 Å². The first kappa shape index (κ1) is 29.8. The van der Waals surface area contributed by atoms with E-state index in [0.29, 0.717) is 25.2 Å². The minimum Gasteiger partial charge on any atom is -0.397 e. The van der Waals surface area contributed by atoms with E-state index in [1.165, 1.54) is 36.8 Å². The zero-order valence-corrected chi connectivity index (χ0v) is 25.0. The molecule has 2 N–H and O–H groups in total. The number of nitrogen functional groups attached to an aromatic ring is 1. The average Bonchev–Trinajstić information content (AvgIpc) is 2.96. The van der Waals surface area contributed by atoms with Crippen molar-refractivity contribution >= 4 is 38.3 Å². The first-order valence-corrected chi connectivity index (χ1v) is 15.4. The second kappa shape index (κ2) is 11.2. The quantitative estimate of drug-likeness (QED) is 0.324. The van der Waals surface area contributed by atoms with Crippen LogP contribution < -0.4 is 16.3 Å². The SMILES string of the molecule is C=CC(=O)N1CCN(c2nc(=O)n(-c3c(C(C)C)ccnc3S(C)(=O)=O)c3nc(-c4ccncc4N)c(F)cc23)[C@@H](C)C1. The number of carbonyl (C=O) groups excluding carboxylic acids is 1. The molecule has 0 aromatic carbocycles. The Morgan fingerprint density at radius 2 is 1.95 bits per heavy atom. The van der Waals surface area contributed by atoms with Crippen LogP contribution in [0.3, 0.4) is 0 Å². The number of sulfone groups is 1. The van der Waals surface area contributed by atoms with Crippen molar-refractivity contribution in [3.8, 4) is 16.9 Å². The molecule has 43 heavy (non-hydrogen) atoms. The number of fused-ring (bicyclic) bond motifs is 1. The number of nitrogens with two attached hydrogens (primary N) is 1. The summed E-state index contributed by atoms with van der Waals surface area (Å²) in [6.07, 6.45) is 6.40. The topological polar surface area (TPSA) is 157 Å². The van der Waals surface area contributed by atoms with Gasteiger partial charge in [-0.2, -0.15) is 4.98 Å². The molecule has 0 saturated carbocycles. The molecule has 0 spiro atoms. The second-order valence-corrected chi connectivity index (χ2v) is 12.6. The molecule has 12 nitrogen and oxygen atoms in total. The van der Waals surface area contributed by atoms with Gasteiger partial charge < -0.3 is 15.5 Å². The Bertz CT molecular complexity index is 1940. The molecule has 1 amide bonds. The predicted octanol–water partition coefficient (Wildman–Crippen LogP) is 2.71. The van der Waals surface area contributed by atoms with Crippen LogP contribution in [-0.4, -0.2) is 75.7 Å². The van der Waals surface area contributed by atoms with Gasteiger partial charge in [-0.25, -0.2) is 32.1 Å². The Balaban J connectivity index is 1.88. The number of nitrogens with zero attached hydrogens (tertiary/aromatic N) is 7. The van der Waals surface area contributed by atoms with Crippen molar-refractivity contribution in [2.75, 3.05) is 36.5 Å². The van der Waals surface area contributed by atoms with Crippen molar-refractivity contribution in [3.05, 3.63) is 71.3 Å². The molecule has 1 aliphatic heterocycles. The molecule has 0 unspecified atom stereocenters. The number of halogens is 1. The smallest absolute Gasteiger partial charge is 0.355 e. The van der Waals surface area contributed by atoms with E-state index < -0.39 is 21.3 Å². The summed E-state index contributed by atoms with van der Waals surface area (Å²) >= 11 is 0. The predicted molar refractivity (Wildman–Crippen MR) is 161 cm³/mol. The monoisotopic (exact) mass is 606 g/mol. The highest BCUT2D eigenvalue weighted by Crippen LogP contribution is 2.35. The maximum absolute atomic E-state index is 15.9. The minimum atomic E-state index is -3.94. The van der Waals surface area contributed by atoms with Gasteiger partial charge in [0, 0.05) is 49.9 Å². The summed E-state index contributed by atoms with van der Waals surface area (Å²) in [6.45, 7) is 10.0. The molecule has 1 saturated heterocycles. The van der Waals surface area contributed by atoms with Gasteiger partial charge in [-0.1, -0.05) is 20.4 Å². The number of aromatic nitrogens is 5. The van der Waals surface area contributed by atoms with E-state index in [1.54, 1.807) is 11.0 Å². The van der Waals surface area contributed by atoms with Gasteiger partial charge in [0.1, 0.15) is 17.3 Å². The van der Waals surface area contributed by atoms with E-state index in [1.807, 2.05) is 25.7 Å². The van der Waals surface area contributed by atoms with Gasteiger partial charge in [0.05, 0.1) is 23.0 Å². The van der Waals surface area contributed by atoms with Crippen molar-refractivity contribution in [2.24, 2.45) is 0 Å². The third-order valence-corrected chi connectivity index (χ3v) is 8.41. The van der Waals surface area contributed by atoms with Crippen LogP contribution in [-0.2, 0) is 14.6 Å². The summed E-state index contributed by atoms with van der Waals surface area (Å²) in [6, 6.07) is 4.04. The lowest BCUT2D eigenvalue weighted by Crippen LogP contribution is -2.54. The summed E-state index contributed by atoms with van der Waals surface area (Å²) in [5.74, 6) is -1.03. The highest BCUT2D eigenvalue weighted by molar-refractivity contribution is 7.90. The molecule has 0 radical (unpaired) electrons. The van der Waals surface area contributed by atoms with Gasteiger partial charge in [0.15, 0.2) is 20.5 Å². The molecule has 14 heteroatoms. The number of hydrogen-bond donors (Lipinski definition) is 1. The molecule has 0 aliphatic carbocycles. The lowest BCUT2D eigenvalue weighted by molar-refractivity contribution is -0.126. The molecule has 1 aliphatic rings. The highest BCUT2D eigenvalue weighted by Gasteiger charge is 2.31. The average molecular weight is 607 g/mol. The fourth-order valence-electron chi connectivity index (χ4n) is 5.35. The molecular formula is C29H31FN8O4S. The third kappa shape index (κ3) is 5.33. The van der Waals surface area contributed by atoms with Crippen molar-refractivity contribution in [3.63, 3.8) is 0 Å². The van der Waals surface area contributed by atoms with E-state index in [-0.39, 0.29) is 62.4 Å². The molecule has 224 valence electrons. The molecule has 5 heterocycles. The van der Waals surface area contributed by atoms with E-state index in [9.17, 15) is 18.0 Å². The van der Waals surface area contributed by atoms with Crippen LogP contribution in [0.1, 0.15) is 32.3 Å². The zero-order valence-electron chi connectivity index (χ0n) is 24.2. The van der Waals surface area contributed by atoms with Gasteiger partial charge in [-0.05, 0) is 42.7 Å². The first-order valence-electron chi connectivity index (χ1n) is 13.5. The van der Waals surface area contributed by atoms with Crippen LogP contribution in [0.25, 0.3) is 28.0 Å². The minimum absolute atomic E-state index is 0.00347. The molecule has 4 aromatic heterocycles. The van der Waals surface area contributed by atoms with Gasteiger partial charge >= 0.3 is 5.69 Å². The van der Waals surface area contributed by atoms with E-state index in [2.05, 4.69) is 26.5 Å². The Kier molecular flexibility index (Phi) is 7.73. The van der Waals surface area contributed by atoms with Gasteiger partial charge in [-0.3, -0.25) is 9.78 Å². The number of carbonyl (C=O) groups is 1. The maximum atomic E-state index is 15.9. The fraction of sp³-hybridized carbons (Fsp3) is 0.310. The van der Waals surface area contributed by atoms with Gasteiger partial charge in [-0.15, -0.1) is 0 Å². The van der Waals surface area contributed by atoms with Crippen LogP contribution in [0.2, 0.25) is 0 Å². The molecule has 1 atom stereocenters. The Labute approximate surface area is 247 Å². The number of anilines is 2.